The van der Waals surface area contributed by atoms with Crippen LogP contribution in [-0.2, 0) is 11.8 Å². The Bertz CT molecular complexity index is 425. The van der Waals surface area contributed by atoms with E-state index in [9.17, 15) is 4.79 Å². The second-order valence-electron chi connectivity index (χ2n) is 5.04. The molecule has 1 N–H and O–H groups in total. The van der Waals surface area contributed by atoms with Crippen molar-refractivity contribution in [3.8, 4) is 0 Å². The lowest BCUT2D eigenvalue weighted by Crippen LogP contribution is -2.30. The maximum atomic E-state index is 11.9. The maximum absolute atomic E-state index is 11.9. The molecular weight excluding hydrogens is 308 g/mol. The van der Waals surface area contributed by atoms with E-state index in [2.05, 4.69) is 21.2 Å². The Morgan fingerprint density at radius 2 is 2.21 bits per heavy atom. The van der Waals surface area contributed by atoms with Crippen molar-refractivity contribution in [2.45, 2.75) is 38.2 Å². The number of amides is 1. The van der Waals surface area contributed by atoms with Crippen molar-refractivity contribution in [1.82, 2.24) is 9.88 Å². The van der Waals surface area contributed by atoms with Crippen LogP contribution in [0.1, 0.15) is 42.6 Å². The molecule has 0 unspecified atom stereocenters. The van der Waals surface area contributed by atoms with Crippen molar-refractivity contribution >= 4 is 21.8 Å². The first-order valence-electron chi connectivity index (χ1n) is 6.88. The average molecular weight is 329 g/mol. The number of ether oxygens (including phenoxy) is 1. The third-order valence-electron chi connectivity index (χ3n) is 3.50. The molecule has 0 aliphatic heterocycles. The first-order chi connectivity index (χ1) is 9.16. The third kappa shape index (κ3) is 4.35. The van der Waals surface area contributed by atoms with E-state index in [4.69, 9.17) is 4.74 Å². The summed E-state index contributed by atoms with van der Waals surface area (Å²) in [5, 5.41) is 2.89. The highest BCUT2D eigenvalue weighted by molar-refractivity contribution is 9.10. The van der Waals surface area contributed by atoms with Gasteiger partial charge in [0.15, 0.2) is 0 Å². The van der Waals surface area contributed by atoms with Crippen LogP contribution >= 0.6 is 15.9 Å². The van der Waals surface area contributed by atoms with Crippen LogP contribution in [0.2, 0.25) is 0 Å². The predicted octanol–water partition coefficient (Wildman–Crippen LogP) is 2.87. The van der Waals surface area contributed by atoms with Crippen LogP contribution in [0.5, 0.6) is 0 Å². The van der Waals surface area contributed by atoms with E-state index in [1.165, 1.54) is 32.1 Å². The smallest absolute Gasteiger partial charge is 0.268 e. The normalized spacial score (nSPS) is 16.5. The van der Waals surface area contributed by atoms with Gasteiger partial charge < -0.3 is 14.6 Å². The molecule has 1 aromatic heterocycles. The average Bonchev–Trinajstić information content (AvgIpc) is 2.75. The minimum atomic E-state index is -0.0551. The van der Waals surface area contributed by atoms with Gasteiger partial charge in [-0.15, -0.1) is 0 Å². The summed E-state index contributed by atoms with van der Waals surface area (Å²) in [4.78, 5) is 11.9. The zero-order chi connectivity index (χ0) is 13.7. The molecular formula is C14H21BrN2O2. The topological polar surface area (TPSA) is 43.3 Å². The molecule has 106 valence electrons. The monoisotopic (exact) mass is 328 g/mol. The molecule has 1 heterocycles. The molecule has 2 rings (SSSR count). The molecule has 5 heteroatoms. The summed E-state index contributed by atoms with van der Waals surface area (Å²) in [7, 11) is 1.86. The minimum absolute atomic E-state index is 0.0551. The maximum Gasteiger partial charge on any atom is 0.268 e. The number of aromatic nitrogens is 1. The molecule has 4 nitrogen and oxygen atoms in total. The molecule has 0 atom stereocenters. The van der Waals surface area contributed by atoms with Gasteiger partial charge in [0.1, 0.15) is 5.69 Å². The molecule has 1 amide bonds. The summed E-state index contributed by atoms with van der Waals surface area (Å²) in [6, 6.07) is 1.82. The number of halogens is 1. The molecule has 1 aliphatic rings. The second kappa shape index (κ2) is 7.10. The van der Waals surface area contributed by atoms with E-state index in [1.54, 1.807) is 4.57 Å². The number of carbonyl (C=O) groups is 1. The van der Waals surface area contributed by atoms with Crippen LogP contribution in [0.3, 0.4) is 0 Å². The summed E-state index contributed by atoms with van der Waals surface area (Å²) in [5.74, 6) is -0.0551. The minimum Gasteiger partial charge on any atom is -0.376 e. The molecule has 1 aliphatic carbocycles. The Balaban J connectivity index is 1.67. The van der Waals surface area contributed by atoms with Crippen LogP contribution in [0.4, 0.5) is 0 Å². The molecule has 0 spiro atoms. The number of carbonyl (C=O) groups excluding carboxylic acids is 1. The summed E-state index contributed by atoms with van der Waals surface area (Å²) >= 11 is 3.36. The number of hydrogen-bond donors (Lipinski definition) is 1. The standard InChI is InChI=1S/C14H21BrN2O2/c1-17-10-11(15)9-13(17)14(18)16-7-8-19-12-5-3-2-4-6-12/h9-10,12H,2-8H2,1H3,(H,16,18). The first-order valence-corrected chi connectivity index (χ1v) is 7.68. The molecule has 0 saturated heterocycles. The van der Waals surface area contributed by atoms with Crippen LogP contribution in [0.25, 0.3) is 0 Å². The Hall–Kier alpha value is -0.810. The molecule has 19 heavy (non-hydrogen) atoms. The van der Waals surface area contributed by atoms with Crippen LogP contribution in [-0.4, -0.2) is 29.7 Å². The van der Waals surface area contributed by atoms with E-state index in [-0.39, 0.29) is 5.91 Å². The molecule has 0 bridgehead atoms. The largest absolute Gasteiger partial charge is 0.376 e. The molecule has 0 radical (unpaired) electrons. The van der Waals surface area contributed by atoms with Gasteiger partial charge in [0, 0.05) is 24.3 Å². The lowest BCUT2D eigenvalue weighted by atomic mass is 9.98. The fourth-order valence-electron chi connectivity index (χ4n) is 2.46. The van der Waals surface area contributed by atoms with Gasteiger partial charge in [-0.05, 0) is 34.8 Å². The van der Waals surface area contributed by atoms with Crippen molar-refractivity contribution < 1.29 is 9.53 Å². The van der Waals surface area contributed by atoms with Crippen LogP contribution in [0.15, 0.2) is 16.7 Å². The Morgan fingerprint density at radius 1 is 1.47 bits per heavy atom. The Labute approximate surface area is 122 Å². The van der Waals surface area contributed by atoms with Crippen molar-refractivity contribution in [1.29, 1.82) is 0 Å². The van der Waals surface area contributed by atoms with Crippen molar-refractivity contribution in [2.24, 2.45) is 7.05 Å². The van der Waals surface area contributed by atoms with Gasteiger partial charge >= 0.3 is 0 Å². The number of aryl methyl sites for hydroxylation is 1. The van der Waals surface area contributed by atoms with Crippen molar-refractivity contribution in [3.05, 3.63) is 22.4 Å². The number of nitrogens with zero attached hydrogens (tertiary/aromatic N) is 1. The van der Waals surface area contributed by atoms with Crippen LogP contribution in [0, 0.1) is 0 Å². The molecule has 1 fully saturated rings. The summed E-state index contributed by atoms with van der Waals surface area (Å²) in [6.07, 6.45) is 8.47. The molecule has 0 aromatic carbocycles. The van der Waals surface area contributed by atoms with E-state index >= 15 is 0 Å². The van der Waals surface area contributed by atoms with Crippen LogP contribution < -0.4 is 5.32 Å². The van der Waals surface area contributed by atoms with Crippen molar-refractivity contribution in [3.63, 3.8) is 0 Å². The third-order valence-corrected chi connectivity index (χ3v) is 3.93. The van der Waals surface area contributed by atoms with Gasteiger partial charge in [-0.1, -0.05) is 19.3 Å². The number of hydrogen-bond acceptors (Lipinski definition) is 2. The van der Waals surface area contributed by atoms with E-state index in [0.29, 0.717) is 24.9 Å². The highest BCUT2D eigenvalue weighted by Gasteiger charge is 2.14. The zero-order valence-electron chi connectivity index (χ0n) is 11.3. The fraction of sp³-hybridized carbons (Fsp3) is 0.643. The quantitative estimate of drug-likeness (QED) is 0.844. The van der Waals surface area contributed by atoms with Crippen molar-refractivity contribution in [2.75, 3.05) is 13.2 Å². The lowest BCUT2D eigenvalue weighted by molar-refractivity contribution is 0.0299. The van der Waals surface area contributed by atoms with Gasteiger partial charge in [-0.2, -0.15) is 0 Å². The van der Waals surface area contributed by atoms with E-state index < -0.39 is 0 Å². The van der Waals surface area contributed by atoms with Gasteiger partial charge in [-0.25, -0.2) is 0 Å². The highest BCUT2D eigenvalue weighted by Crippen LogP contribution is 2.19. The predicted molar refractivity (Wildman–Crippen MR) is 78.3 cm³/mol. The Kier molecular flexibility index (Phi) is 5.45. The summed E-state index contributed by atoms with van der Waals surface area (Å²) in [5.41, 5.74) is 0.657. The SMILES string of the molecule is Cn1cc(Br)cc1C(=O)NCCOC1CCCCC1. The van der Waals surface area contributed by atoms with Gasteiger partial charge in [0.25, 0.3) is 5.91 Å². The first kappa shape index (κ1) is 14.6. The van der Waals surface area contributed by atoms with E-state index in [0.717, 1.165) is 4.47 Å². The lowest BCUT2D eigenvalue weighted by Gasteiger charge is -2.21. The molecule has 1 aromatic rings. The number of rotatable bonds is 5. The fourth-order valence-corrected chi connectivity index (χ4v) is 2.99. The summed E-state index contributed by atoms with van der Waals surface area (Å²) in [6.45, 7) is 1.17. The number of nitrogens with one attached hydrogen (secondary N) is 1. The Morgan fingerprint density at radius 3 is 2.84 bits per heavy atom. The zero-order valence-corrected chi connectivity index (χ0v) is 12.9. The highest BCUT2D eigenvalue weighted by atomic mass is 79.9. The molecule has 1 saturated carbocycles. The van der Waals surface area contributed by atoms with Gasteiger partial charge in [0.2, 0.25) is 0 Å². The van der Waals surface area contributed by atoms with E-state index in [1.807, 2.05) is 19.3 Å². The second-order valence-corrected chi connectivity index (χ2v) is 5.96. The van der Waals surface area contributed by atoms with Gasteiger partial charge in [-0.3, -0.25) is 4.79 Å². The summed E-state index contributed by atoms with van der Waals surface area (Å²) < 4.78 is 8.50. The van der Waals surface area contributed by atoms with Gasteiger partial charge in [0.05, 0.1) is 12.7 Å².